The lowest BCUT2D eigenvalue weighted by molar-refractivity contribution is -0.114. The van der Waals surface area contributed by atoms with E-state index in [1.54, 1.807) is 18.2 Å². The largest absolute Gasteiger partial charge is 0.302 e. The first-order valence-electron chi connectivity index (χ1n) is 5.73. The van der Waals surface area contributed by atoms with Crippen molar-refractivity contribution in [1.82, 2.24) is 9.55 Å². The lowest BCUT2D eigenvalue weighted by atomic mass is 10.2. The van der Waals surface area contributed by atoms with E-state index in [1.807, 2.05) is 6.19 Å². The molecular weight excluding hydrogens is 276 g/mol. The van der Waals surface area contributed by atoms with Gasteiger partial charge < -0.3 is 5.32 Å². The number of rotatable bonds is 1. The summed E-state index contributed by atoms with van der Waals surface area (Å²) in [6.07, 6.45) is 1.85. The molecule has 98 valence electrons. The SMILES string of the molecule is CC(=O)Nc1nc2c(ccc3c2ccc(=O)n3C#N)s1. The van der Waals surface area contributed by atoms with Gasteiger partial charge in [-0.2, -0.15) is 5.26 Å². The van der Waals surface area contributed by atoms with Crippen LogP contribution in [0.4, 0.5) is 5.13 Å². The van der Waals surface area contributed by atoms with Gasteiger partial charge in [0.05, 0.1) is 15.7 Å². The number of nitrogens with one attached hydrogen (secondary N) is 1. The second kappa shape index (κ2) is 4.43. The summed E-state index contributed by atoms with van der Waals surface area (Å²) in [5.74, 6) is -0.192. The van der Waals surface area contributed by atoms with Gasteiger partial charge in [0.25, 0.3) is 5.56 Å². The van der Waals surface area contributed by atoms with E-state index in [9.17, 15) is 9.59 Å². The highest BCUT2D eigenvalue weighted by molar-refractivity contribution is 7.22. The van der Waals surface area contributed by atoms with Gasteiger partial charge in [0, 0.05) is 18.4 Å². The minimum atomic E-state index is -0.378. The highest BCUT2D eigenvalue weighted by atomic mass is 32.1. The number of aromatic nitrogens is 2. The lowest BCUT2D eigenvalue weighted by Crippen LogP contribution is -2.14. The molecule has 0 aliphatic heterocycles. The first kappa shape index (κ1) is 12.3. The summed E-state index contributed by atoms with van der Waals surface area (Å²) in [5.41, 5.74) is 0.795. The van der Waals surface area contributed by atoms with Crippen LogP contribution in [0.15, 0.2) is 29.1 Å². The first-order valence-corrected chi connectivity index (χ1v) is 6.55. The number of thiazole rings is 1. The number of amides is 1. The number of carbonyl (C=O) groups is 1. The summed E-state index contributed by atoms with van der Waals surface area (Å²) in [6, 6.07) is 6.47. The van der Waals surface area contributed by atoms with Crippen LogP contribution in [0.3, 0.4) is 0 Å². The van der Waals surface area contributed by atoms with Gasteiger partial charge in [0.2, 0.25) is 5.91 Å². The zero-order valence-electron chi connectivity index (χ0n) is 10.4. The van der Waals surface area contributed by atoms with Crippen molar-refractivity contribution in [3.63, 3.8) is 0 Å². The van der Waals surface area contributed by atoms with Gasteiger partial charge in [0.1, 0.15) is 0 Å². The Morgan fingerprint density at radius 3 is 2.90 bits per heavy atom. The van der Waals surface area contributed by atoms with Crippen LogP contribution in [0.5, 0.6) is 0 Å². The fraction of sp³-hybridized carbons (Fsp3) is 0.0769. The third-order valence-electron chi connectivity index (χ3n) is 2.81. The Kier molecular flexibility index (Phi) is 2.73. The fourth-order valence-corrected chi connectivity index (χ4v) is 2.95. The normalized spacial score (nSPS) is 10.6. The number of carbonyl (C=O) groups excluding carboxylic acids is 1. The number of benzene rings is 1. The topological polar surface area (TPSA) is 87.8 Å². The zero-order valence-corrected chi connectivity index (χ0v) is 11.2. The predicted molar refractivity (Wildman–Crippen MR) is 76.7 cm³/mol. The maximum atomic E-state index is 11.6. The molecule has 0 spiro atoms. The molecule has 0 bridgehead atoms. The van der Waals surface area contributed by atoms with Gasteiger partial charge in [-0.25, -0.2) is 9.55 Å². The molecule has 6 nitrogen and oxygen atoms in total. The van der Waals surface area contributed by atoms with E-state index in [0.29, 0.717) is 21.6 Å². The van der Waals surface area contributed by atoms with Gasteiger partial charge in [-0.3, -0.25) is 9.59 Å². The number of fused-ring (bicyclic) bond motifs is 3. The van der Waals surface area contributed by atoms with Crippen LogP contribution < -0.4 is 10.9 Å². The highest BCUT2D eigenvalue weighted by Gasteiger charge is 2.11. The molecule has 1 N–H and O–H groups in total. The maximum Gasteiger partial charge on any atom is 0.264 e. The van der Waals surface area contributed by atoms with Crippen LogP contribution in [0, 0.1) is 11.5 Å². The Labute approximate surface area is 116 Å². The molecule has 1 amide bonds. The predicted octanol–water partition coefficient (Wildman–Crippen LogP) is 1.90. The van der Waals surface area contributed by atoms with Crippen molar-refractivity contribution in [1.29, 1.82) is 5.26 Å². The number of hydrogen-bond acceptors (Lipinski definition) is 5. The molecule has 1 aromatic carbocycles. The number of nitriles is 1. The Bertz CT molecular complexity index is 949. The fourth-order valence-electron chi connectivity index (χ4n) is 2.02. The van der Waals surface area contributed by atoms with Gasteiger partial charge in [0.15, 0.2) is 11.3 Å². The first-order chi connectivity index (χ1) is 9.60. The van der Waals surface area contributed by atoms with Crippen LogP contribution in [0.25, 0.3) is 21.1 Å². The van der Waals surface area contributed by atoms with Crippen molar-refractivity contribution in [2.24, 2.45) is 0 Å². The van der Waals surface area contributed by atoms with E-state index in [2.05, 4.69) is 10.3 Å². The smallest absolute Gasteiger partial charge is 0.264 e. The Hall–Kier alpha value is -2.72. The van der Waals surface area contributed by atoms with Gasteiger partial charge in [-0.15, -0.1) is 0 Å². The van der Waals surface area contributed by atoms with Crippen LogP contribution in [0.1, 0.15) is 6.92 Å². The quantitative estimate of drug-likeness (QED) is 0.739. The average Bonchev–Trinajstić information content (AvgIpc) is 2.79. The molecule has 0 aliphatic carbocycles. The molecule has 3 rings (SSSR count). The van der Waals surface area contributed by atoms with Gasteiger partial charge >= 0.3 is 0 Å². The monoisotopic (exact) mass is 284 g/mol. The van der Waals surface area contributed by atoms with Crippen molar-refractivity contribution in [2.45, 2.75) is 6.92 Å². The second-order valence-corrected chi connectivity index (χ2v) is 5.18. The molecule has 2 heterocycles. The lowest BCUT2D eigenvalue weighted by Gasteiger charge is -2.01. The minimum Gasteiger partial charge on any atom is -0.302 e. The molecule has 2 aromatic heterocycles. The number of anilines is 1. The molecule has 0 radical (unpaired) electrons. The van der Waals surface area contributed by atoms with Crippen LogP contribution in [-0.4, -0.2) is 15.5 Å². The molecular formula is C13H8N4O2S. The standard InChI is InChI=1S/C13H8N4O2S/c1-7(18)15-13-16-12-8-2-5-11(19)17(6-14)9(8)3-4-10(12)20-13/h2-5H,1H3,(H,15,16,18). The Morgan fingerprint density at radius 2 is 2.20 bits per heavy atom. The van der Waals surface area contributed by atoms with Crippen LogP contribution in [-0.2, 0) is 4.79 Å². The van der Waals surface area contributed by atoms with E-state index in [4.69, 9.17) is 5.26 Å². The van der Waals surface area contributed by atoms with Crippen LogP contribution >= 0.6 is 11.3 Å². The summed E-state index contributed by atoms with van der Waals surface area (Å²) >= 11 is 1.34. The highest BCUT2D eigenvalue weighted by Crippen LogP contribution is 2.31. The Morgan fingerprint density at radius 1 is 1.40 bits per heavy atom. The summed E-state index contributed by atoms with van der Waals surface area (Å²) in [5, 5.41) is 12.9. The van der Waals surface area contributed by atoms with Crippen molar-refractivity contribution in [3.05, 3.63) is 34.6 Å². The summed E-state index contributed by atoms with van der Waals surface area (Å²) in [4.78, 5) is 27.0. The minimum absolute atomic E-state index is 0.192. The molecule has 0 saturated carbocycles. The van der Waals surface area contributed by atoms with Crippen molar-refractivity contribution in [2.75, 3.05) is 5.32 Å². The molecule has 0 unspecified atom stereocenters. The summed E-state index contributed by atoms with van der Waals surface area (Å²) in [6.45, 7) is 1.41. The molecule has 20 heavy (non-hydrogen) atoms. The van der Waals surface area contributed by atoms with E-state index in [0.717, 1.165) is 9.27 Å². The van der Waals surface area contributed by atoms with E-state index in [-0.39, 0.29) is 11.5 Å². The van der Waals surface area contributed by atoms with Crippen molar-refractivity contribution >= 4 is 43.5 Å². The molecule has 0 aliphatic rings. The number of hydrogen-bond donors (Lipinski definition) is 1. The molecule has 3 aromatic rings. The van der Waals surface area contributed by atoms with E-state index < -0.39 is 0 Å². The maximum absolute atomic E-state index is 11.6. The van der Waals surface area contributed by atoms with E-state index in [1.165, 1.54) is 24.3 Å². The number of pyridine rings is 1. The summed E-state index contributed by atoms with van der Waals surface area (Å²) in [7, 11) is 0. The van der Waals surface area contributed by atoms with Crippen LogP contribution in [0.2, 0.25) is 0 Å². The third kappa shape index (κ3) is 1.83. The zero-order chi connectivity index (χ0) is 14.3. The molecule has 0 atom stereocenters. The van der Waals surface area contributed by atoms with E-state index >= 15 is 0 Å². The Balaban J connectivity index is 2.36. The summed E-state index contributed by atoms with van der Waals surface area (Å²) < 4.78 is 1.90. The second-order valence-electron chi connectivity index (χ2n) is 4.15. The molecule has 0 fully saturated rings. The molecule has 7 heteroatoms. The van der Waals surface area contributed by atoms with Gasteiger partial charge in [-0.05, 0) is 18.2 Å². The number of nitrogens with zero attached hydrogens (tertiary/aromatic N) is 3. The van der Waals surface area contributed by atoms with Crippen molar-refractivity contribution in [3.8, 4) is 6.19 Å². The third-order valence-corrected chi connectivity index (χ3v) is 3.75. The van der Waals surface area contributed by atoms with Crippen molar-refractivity contribution < 1.29 is 4.79 Å². The average molecular weight is 284 g/mol. The molecule has 0 saturated heterocycles. The van der Waals surface area contributed by atoms with Gasteiger partial charge in [-0.1, -0.05) is 11.3 Å².